The third-order valence-electron chi connectivity index (χ3n) is 3.52. The van der Waals surface area contributed by atoms with E-state index in [0.29, 0.717) is 5.56 Å². The Morgan fingerprint density at radius 1 is 1.05 bits per heavy atom. The van der Waals surface area contributed by atoms with Crippen molar-refractivity contribution in [2.75, 3.05) is 0 Å². The van der Waals surface area contributed by atoms with Crippen molar-refractivity contribution in [2.24, 2.45) is 0 Å². The van der Waals surface area contributed by atoms with Gasteiger partial charge in [-0.25, -0.2) is 9.82 Å². The molecule has 22 heavy (non-hydrogen) atoms. The Kier molecular flexibility index (Phi) is 3.84. The molecule has 0 radical (unpaired) electrons. The lowest BCUT2D eigenvalue weighted by molar-refractivity contribution is -0.121. The molecule has 112 valence electrons. The fourth-order valence-corrected chi connectivity index (χ4v) is 2.37. The van der Waals surface area contributed by atoms with Gasteiger partial charge in [0.25, 0.3) is 11.8 Å². The topological polar surface area (TPSA) is 70.2 Å². The van der Waals surface area contributed by atoms with Crippen molar-refractivity contribution in [2.45, 2.75) is 12.1 Å². The zero-order valence-corrected chi connectivity index (χ0v) is 11.5. The highest BCUT2D eigenvalue weighted by Crippen LogP contribution is 2.20. The van der Waals surface area contributed by atoms with Crippen LogP contribution >= 0.6 is 0 Å². The van der Waals surface area contributed by atoms with Gasteiger partial charge in [-0.05, 0) is 29.8 Å². The lowest BCUT2D eigenvalue weighted by atomic mass is 10.0. The molecule has 2 aromatic rings. The largest absolute Gasteiger partial charge is 0.338 e. The molecule has 1 fully saturated rings. The molecule has 0 spiro atoms. The molecule has 2 aromatic carbocycles. The highest BCUT2D eigenvalue weighted by Gasteiger charge is 2.36. The quantitative estimate of drug-likeness (QED) is 0.800. The van der Waals surface area contributed by atoms with Gasteiger partial charge in [-0.3, -0.25) is 15.0 Å². The summed E-state index contributed by atoms with van der Waals surface area (Å²) >= 11 is 0. The Balaban J connectivity index is 1.78. The Morgan fingerprint density at radius 2 is 1.73 bits per heavy atom. The first-order valence-corrected chi connectivity index (χ1v) is 6.82. The summed E-state index contributed by atoms with van der Waals surface area (Å²) in [6, 6.07) is 13.4. The molecule has 1 aliphatic heterocycles. The average Bonchev–Trinajstić information content (AvgIpc) is 2.90. The predicted molar refractivity (Wildman–Crippen MR) is 78.1 cm³/mol. The monoisotopic (exact) mass is 299 g/mol. The summed E-state index contributed by atoms with van der Waals surface area (Å²) in [6.45, 7) is 0. The minimum absolute atomic E-state index is 0.299. The van der Waals surface area contributed by atoms with Gasteiger partial charge in [-0.15, -0.1) is 0 Å². The van der Waals surface area contributed by atoms with E-state index in [1.807, 2.05) is 30.3 Å². The smallest absolute Gasteiger partial charge is 0.258 e. The van der Waals surface area contributed by atoms with E-state index in [-0.39, 0.29) is 11.9 Å². The Labute approximate surface area is 126 Å². The van der Waals surface area contributed by atoms with E-state index in [1.165, 1.54) is 24.3 Å². The van der Waals surface area contributed by atoms with Crippen molar-refractivity contribution in [3.8, 4) is 0 Å². The number of nitrogens with one attached hydrogen (secondary N) is 3. The van der Waals surface area contributed by atoms with E-state index in [4.69, 9.17) is 0 Å². The molecule has 2 atom stereocenters. The van der Waals surface area contributed by atoms with Crippen molar-refractivity contribution >= 4 is 11.8 Å². The van der Waals surface area contributed by atoms with Crippen LogP contribution in [0, 0.1) is 5.82 Å². The zero-order valence-electron chi connectivity index (χ0n) is 11.5. The summed E-state index contributed by atoms with van der Waals surface area (Å²) in [6.07, 6.45) is 0. The summed E-state index contributed by atoms with van der Waals surface area (Å²) in [7, 11) is 0. The normalized spacial score (nSPS) is 20.5. The number of hydrazine groups is 1. The molecular formula is C16H14FN3O2. The van der Waals surface area contributed by atoms with Gasteiger partial charge in [0, 0.05) is 5.56 Å². The summed E-state index contributed by atoms with van der Waals surface area (Å²) in [5.74, 6) is -1.16. The number of hydrogen-bond donors (Lipinski definition) is 3. The zero-order chi connectivity index (χ0) is 15.5. The van der Waals surface area contributed by atoms with Crippen LogP contribution in [0.15, 0.2) is 54.6 Å². The predicted octanol–water partition coefficient (Wildman–Crippen LogP) is 1.30. The molecule has 2 amide bonds. The van der Waals surface area contributed by atoms with E-state index in [0.717, 1.165) is 5.56 Å². The summed E-state index contributed by atoms with van der Waals surface area (Å²) < 4.78 is 12.9. The standard InChI is InChI=1S/C16H14FN3O2/c17-12-8-6-11(7-9-12)15(21)18-14-13(19-20-16(14)22)10-4-2-1-3-5-10/h1-9,13-14,19H,(H,18,21)(H,20,22)/t13-,14+/m1/s1. The van der Waals surface area contributed by atoms with E-state index < -0.39 is 17.8 Å². The lowest BCUT2D eigenvalue weighted by Gasteiger charge is -2.18. The molecule has 0 aliphatic carbocycles. The molecule has 1 aliphatic rings. The molecule has 0 unspecified atom stereocenters. The van der Waals surface area contributed by atoms with Gasteiger partial charge in [0.2, 0.25) is 0 Å². The van der Waals surface area contributed by atoms with Crippen LogP contribution in [0.4, 0.5) is 4.39 Å². The molecule has 0 saturated carbocycles. The fourth-order valence-electron chi connectivity index (χ4n) is 2.37. The van der Waals surface area contributed by atoms with E-state index in [9.17, 15) is 14.0 Å². The number of carbonyl (C=O) groups is 2. The number of rotatable bonds is 3. The van der Waals surface area contributed by atoms with E-state index in [2.05, 4.69) is 16.2 Å². The van der Waals surface area contributed by atoms with Crippen LogP contribution in [0.1, 0.15) is 22.0 Å². The van der Waals surface area contributed by atoms with Gasteiger partial charge >= 0.3 is 0 Å². The van der Waals surface area contributed by atoms with Gasteiger partial charge in [0.1, 0.15) is 11.9 Å². The maximum absolute atomic E-state index is 12.9. The second-order valence-corrected chi connectivity index (χ2v) is 4.98. The number of benzene rings is 2. The van der Waals surface area contributed by atoms with Gasteiger partial charge < -0.3 is 5.32 Å². The Bertz CT molecular complexity index is 688. The van der Waals surface area contributed by atoms with Crippen molar-refractivity contribution < 1.29 is 14.0 Å². The first-order chi connectivity index (χ1) is 10.6. The Hall–Kier alpha value is -2.73. The maximum Gasteiger partial charge on any atom is 0.258 e. The SMILES string of the molecule is O=C(N[C@@H]1C(=O)NN[C@@H]1c1ccccc1)c1ccc(F)cc1. The van der Waals surface area contributed by atoms with Crippen LogP contribution in [-0.4, -0.2) is 17.9 Å². The van der Waals surface area contributed by atoms with Crippen molar-refractivity contribution in [1.29, 1.82) is 0 Å². The minimum atomic E-state index is -0.736. The van der Waals surface area contributed by atoms with Gasteiger partial charge in [-0.1, -0.05) is 30.3 Å². The summed E-state index contributed by atoms with van der Waals surface area (Å²) in [5.41, 5.74) is 6.56. The first-order valence-electron chi connectivity index (χ1n) is 6.82. The molecule has 5 nitrogen and oxygen atoms in total. The van der Waals surface area contributed by atoms with Gasteiger partial charge in [-0.2, -0.15) is 0 Å². The minimum Gasteiger partial charge on any atom is -0.338 e. The average molecular weight is 299 g/mol. The molecule has 1 saturated heterocycles. The fraction of sp³-hybridized carbons (Fsp3) is 0.125. The molecule has 6 heteroatoms. The second kappa shape index (κ2) is 5.95. The van der Waals surface area contributed by atoms with Crippen molar-refractivity contribution in [3.05, 3.63) is 71.5 Å². The van der Waals surface area contributed by atoms with E-state index >= 15 is 0 Å². The first kappa shape index (κ1) is 14.2. The molecule has 3 rings (SSSR count). The van der Waals surface area contributed by atoms with Gasteiger partial charge in [0.05, 0.1) is 6.04 Å². The number of carbonyl (C=O) groups excluding carboxylic acids is 2. The molecule has 1 heterocycles. The highest BCUT2D eigenvalue weighted by molar-refractivity contribution is 5.98. The third-order valence-corrected chi connectivity index (χ3v) is 3.52. The molecule has 0 bridgehead atoms. The van der Waals surface area contributed by atoms with Crippen LogP contribution in [-0.2, 0) is 4.79 Å². The lowest BCUT2D eigenvalue weighted by Crippen LogP contribution is -2.42. The van der Waals surface area contributed by atoms with Crippen LogP contribution in [0.3, 0.4) is 0 Å². The summed E-state index contributed by atoms with van der Waals surface area (Å²) in [4.78, 5) is 24.1. The van der Waals surface area contributed by atoms with E-state index in [1.54, 1.807) is 0 Å². The number of hydrogen-bond acceptors (Lipinski definition) is 3. The third kappa shape index (κ3) is 2.82. The van der Waals surface area contributed by atoms with Crippen molar-refractivity contribution in [3.63, 3.8) is 0 Å². The molecule has 3 N–H and O–H groups in total. The Morgan fingerprint density at radius 3 is 2.41 bits per heavy atom. The van der Waals surface area contributed by atoms with Crippen LogP contribution in [0.2, 0.25) is 0 Å². The van der Waals surface area contributed by atoms with Gasteiger partial charge in [0.15, 0.2) is 0 Å². The van der Waals surface area contributed by atoms with Crippen LogP contribution in [0.5, 0.6) is 0 Å². The van der Waals surface area contributed by atoms with Crippen LogP contribution < -0.4 is 16.2 Å². The summed E-state index contributed by atoms with van der Waals surface area (Å²) in [5, 5.41) is 2.68. The maximum atomic E-state index is 12.9. The highest BCUT2D eigenvalue weighted by atomic mass is 19.1. The number of amides is 2. The molecular weight excluding hydrogens is 285 g/mol. The number of halogens is 1. The van der Waals surface area contributed by atoms with Crippen molar-refractivity contribution in [1.82, 2.24) is 16.2 Å². The second-order valence-electron chi connectivity index (χ2n) is 4.98. The molecule has 0 aromatic heterocycles. The van der Waals surface area contributed by atoms with Crippen LogP contribution in [0.25, 0.3) is 0 Å².